The smallest absolute Gasteiger partial charge is 0.308 e. The van der Waals surface area contributed by atoms with Gasteiger partial charge in [0.1, 0.15) is 0 Å². The molecule has 1 aliphatic rings. The summed E-state index contributed by atoms with van der Waals surface area (Å²) >= 11 is 0. The van der Waals surface area contributed by atoms with Gasteiger partial charge >= 0.3 is 5.97 Å². The maximum absolute atomic E-state index is 11.2. The SMILES string of the molecule is CC(C)C(OC(C)C1CCCC(C)(C)C1)C(C)C(=O)O. The lowest BCUT2D eigenvalue weighted by Gasteiger charge is -2.40. The Morgan fingerprint density at radius 1 is 1.25 bits per heavy atom. The maximum atomic E-state index is 11.2. The van der Waals surface area contributed by atoms with Crippen molar-refractivity contribution in [1.82, 2.24) is 0 Å². The first-order valence-electron chi connectivity index (χ1n) is 8.02. The second kappa shape index (κ2) is 6.93. The van der Waals surface area contributed by atoms with Crippen LogP contribution in [0.5, 0.6) is 0 Å². The molecule has 3 nitrogen and oxygen atoms in total. The van der Waals surface area contributed by atoms with Gasteiger partial charge in [-0.15, -0.1) is 0 Å². The largest absolute Gasteiger partial charge is 0.481 e. The van der Waals surface area contributed by atoms with Gasteiger partial charge in [0.15, 0.2) is 0 Å². The summed E-state index contributed by atoms with van der Waals surface area (Å²) in [6, 6.07) is 0. The molecule has 4 atom stereocenters. The Morgan fingerprint density at radius 3 is 2.30 bits per heavy atom. The highest BCUT2D eigenvalue weighted by Crippen LogP contribution is 2.41. The molecule has 1 saturated carbocycles. The summed E-state index contributed by atoms with van der Waals surface area (Å²) in [5.41, 5.74) is 0.395. The van der Waals surface area contributed by atoms with Crippen LogP contribution < -0.4 is 0 Å². The van der Waals surface area contributed by atoms with Crippen LogP contribution in [-0.4, -0.2) is 23.3 Å². The molecule has 0 radical (unpaired) electrons. The lowest BCUT2D eigenvalue weighted by atomic mass is 9.70. The Morgan fingerprint density at radius 2 is 1.85 bits per heavy atom. The van der Waals surface area contributed by atoms with Gasteiger partial charge in [0.05, 0.1) is 18.1 Å². The Kier molecular flexibility index (Phi) is 6.06. The van der Waals surface area contributed by atoms with Crippen molar-refractivity contribution >= 4 is 5.97 Å². The van der Waals surface area contributed by atoms with E-state index in [1.54, 1.807) is 6.92 Å². The number of carboxylic acid groups (broad SMARTS) is 1. The lowest BCUT2D eigenvalue weighted by molar-refractivity contribution is -0.153. The van der Waals surface area contributed by atoms with Crippen LogP contribution in [0, 0.1) is 23.2 Å². The zero-order valence-electron chi connectivity index (χ0n) is 14.0. The number of hydrogen-bond donors (Lipinski definition) is 1. The maximum Gasteiger partial charge on any atom is 0.308 e. The zero-order chi connectivity index (χ0) is 15.5. The quantitative estimate of drug-likeness (QED) is 0.788. The molecule has 0 bridgehead atoms. The fourth-order valence-corrected chi connectivity index (χ4v) is 3.51. The molecule has 0 aromatic heterocycles. The van der Waals surface area contributed by atoms with Gasteiger partial charge in [-0.05, 0) is 50.4 Å². The first kappa shape index (κ1) is 17.5. The van der Waals surface area contributed by atoms with Crippen molar-refractivity contribution in [2.24, 2.45) is 23.2 Å². The zero-order valence-corrected chi connectivity index (χ0v) is 14.0. The van der Waals surface area contributed by atoms with Crippen LogP contribution in [0.4, 0.5) is 0 Å². The van der Waals surface area contributed by atoms with E-state index in [2.05, 4.69) is 20.8 Å². The van der Waals surface area contributed by atoms with Gasteiger partial charge in [-0.2, -0.15) is 0 Å². The second-order valence-electron chi connectivity index (χ2n) is 7.70. The van der Waals surface area contributed by atoms with Gasteiger partial charge in [0.2, 0.25) is 0 Å². The lowest BCUT2D eigenvalue weighted by Crippen LogP contribution is -2.39. The van der Waals surface area contributed by atoms with Crippen molar-refractivity contribution in [3.63, 3.8) is 0 Å². The number of ether oxygens (including phenoxy) is 1. The summed E-state index contributed by atoms with van der Waals surface area (Å²) in [4.78, 5) is 11.2. The Hall–Kier alpha value is -0.570. The number of rotatable bonds is 6. The van der Waals surface area contributed by atoms with Gasteiger partial charge in [-0.3, -0.25) is 4.79 Å². The van der Waals surface area contributed by atoms with E-state index in [0.29, 0.717) is 11.3 Å². The van der Waals surface area contributed by atoms with Crippen LogP contribution in [0.25, 0.3) is 0 Å². The van der Waals surface area contributed by atoms with E-state index in [0.717, 1.165) is 0 Å². The van der Waals surface area contributed by atoms with Gasteiger partial charge in [-0.25, -0.2) is 0 Å². The summed E-state index contributed by atoms with van der Waals surface area (Å²) in [6.45, 7) is 12.6. The third-order valence-corrected chi connectivity index (χ3v) is 4.82. The predicted octanol–water partition coefficient (Wildman–Crippen LogP) is 4.35. The molecule has 0 aromatic carbocycles. The normalized spacial score (nSPS) is 27.1. The van der Waals surface area contributed by atoms with Crippen molar-refractivity contribution in [1.29, 1.82) is 0 Å². The molecule has 1 fully saturated rings. The second-order valence-corrected chi connectivity index (χ2v) is 7.70. The molecular formula is C17H32O3. The number of carboxylic acids is 1. The molecule has 1 rings (SSSR count). The Labute approximate surface area is 124 Å². The van der Waals surface area contributed by atoms with Crippen LogP contribution in [0.15, 0.2) is 0 Å². The highest BCUT2D eigenvalue weighted by atomic mass is 16.5. The summed E-state index contributed by atoms with van der Waals surface area (Å²) < 4.78 is 6.19. The molecule has 3 heteroatoms. The van der Waals surface area contributed by atoms with Crippen molar-refractivity contribution < 1.29 is 14.6 Å². The molecule has 0 amide bonds. The molecule has 1 N–H and O–H groups in total. The predicted molar refractivity (Wildman–Crippen MR) is 81.7 cm³/mol. The van der Waals surface area contributed by atoms with Gasteiger partial charge in [0.25, 0.3) is 0 Å². The van der Waals surface area contributed by atoms with E-state index >= 15 is 0 Å². The number of aliphatic carboxylic acids is 1. The summed E-state index contributed by atoms with van der Waals surface area (Å²) in [7, 11) is 0. The topological polar surface area (TPSA) is 46.5 Å². The van der Waals surface area contributed by atoms with Crippen molar-refractivity contribution in [3.05, 3.63) is 0 Å². The first-order chi connectivity index (χ1) is 9.14. The van der Waals surface area contributed by atoms with Gasteiger partial charge < -0.3 is 9.84 Å². The van der Waals surface area contributed by atoms with Crippen LogP contribution in [-0.2, 0) is 9.53 Å². The Bertz CT molecular complexity index is 322. The third-order valence-electron chi connectivity index (χ3n) is 4.82. The van der Waals surface area contributed by atoms with Crippen LogP contribution in [0.3, 0.4) is 0 Å². The van der Waals surface area contributed by atoms with Crippen LogP contribution in [0.2, 0.25) is 0 Å². The highest BCUT2D eigenvalue weighted by molar-refractivity contribution is 5.70. The molecule has 118 valence electrons. The van der Waals surface area contributed by atoms with E-state index in [1.165, 1.54) is 25.7 Å². The Balaban J connectivity index is 2.66. The first-order valence-corrected chi connectivity index (χ1v) is 8.02. The number of carbonyl (C=O) groups is 1. The molecule has 20 heavy (non-hydrogen) atoms. The average molecular weight is 284 g/mol. The fraction of sp³-hybridized carbons (Fsp3) is 0.941. The van der Waals surface area contributed by atoms with E-state index < -0.39 is 11.9 Å². The fourth-order valence-electron chi connectivity index (χ4n) is 3.51. The monoisotopic (exact) mass is 284 g/mol. The molecule has 0 aromatic rings. The van der Waals surface area contributed by atoms with E-state index in [9.17, 15) is 9.90 Å². The van der Waals surface area contributed by atoms with E-state index in [4.69, 9.17) is 4.74 Å². The molecule has 0 saturated heterocycles. The minimum atomic E-state index is -0.764. The van der Waals surface area contributed by atoms with Crippen molar-refractivity contribution in [2.75, 3.05) is 0 Å². The molecule has 0 heterocycles. The number of hydrogen-bond acceptors (Lipinski definition) is 2. The minimum absolute atomic E-state index is 0.142. The van der Waals surface area contributed by atoms with Crippen LogP contribution in [0.1, 0.15) is 67.2 Å². The molecule has 0 spiro atoms. The molecule has 0 aliphatic heterocycles. The summed E-state index contributed by atoms with van der Waals surface area (Å²) in [5.74, 6) is -0.435. The average Bonchev–Trinajstić information content (AvgIpc) is 2.33. The standard InChI is InChI=1S/C17H32O3/c1-11(2)15(12(3)16(18)19)20-13(4)14-8-7-9-17(5,6)10-14/h11-15H,7-10H2,1-6H3,(H,18,19). The minimum Gasteiger partial charge on any atom is -0.481 e. The van der Waals surface area contributed by atoms with E-state index in [1.807, 2.05) is 13.8 Å². The molecular weight excluding hydrogens is 252 g/mol. The molecule has 4 unspecified atom stereocenters. The molecule has 1 aliphatic carbocycles. The van der Waals surface area contributed by atoms with Gasteiger partial charge in [-0.1, -0.05) is 34.1 Å². The van der Waals surface area contributed by atoms with Crippen molar-refractivity contribution in [2.45, 2.75) is 79.4 Å². The summed E-state index contributed by atoms with van der Waals surface area (Å²) in [5, 5.41) is 9.23. The third kappa shape index (κ3) is 4.76. The highest BCUT2D eigenvalue weighted by Gasteiger charge is 2.35. The summed E-state index contributed by atoms with van der Waals surface area (Å²) in [6.07, 6.45) is 4.87. The van der Waals surface area contributed by atoms with Gasteiger partial charge in [0, 0.05) is 0 Å². The van der Waals surface area contributed by atoms with Crippen molar-refractivity contribution in [3.8, 4) is 0 Å². The van der Waals surface area contributed by atoms with Crippen LogP contribution >= 0.6 is 0 Å². The van der Waals surface area contributed by atoms with E-state index in [-0.39, 0.29) is 18.1 Å².